The maximum absolute atomic E-state index is 13.1. The van der Waals surface area contributed by atoms with Crippen molar-refractivity contribution in [2.75, 3.05) is 12.4 Å². The van der Waals surface area contributed by atoms with Gasteiger partial charge >= 0.3 is 0 Å². The number of halogens is 1. The number of ether oxygens (including phenoxy) is 1. The number of rotatable bonds is 6. The fourth-order valence-corrected chi connectivity index (χ4v) is 5.47. The van der Waals surface area contributed by atoms with E-state index < -0.39 is 15.9 Å². The topological polar surface area (TPSA) is 108 Å². The Kier molecular flexibility index (Phi) is 7.21. The van der Waals surface area contributed by atoms with Gasteiger partial charge in [-0.3, -0.25) is 4.79 Å². The Bertz CT molecular complexity index is 1130. The minimum absolute atomic E-state index is 0.0849. The molecule has 0 aromatic heterocycles. The predicted octanol–water partition coefficient (Wildman–Crippen LogP) is 4.33. The number of benzene rings is 2. The van der Waals surface area contributed by atoms with Crippen molar-refractivity contribution in [3.05, 3.63) is 52.5 Å². The number of carbonyl (C=O) groups is 1. The van der Waals surface area contributed by atoms with Gasteiger partial charge in [-0.2, -0.15) is 5.26 Å². The Labute approximate surface area is 187 Å². The zero-order chi connectivity index (χ0) is 22.6. The summed E-state index contributed by atoms with van der Waals surface area (Å²) in [4.78, 5) is 12.6. The molecule has 0 saturated heterocycles. The second kappa shape index (κ2) is 9.69. The van der Waals surface area contributed by atoms with Crippen molar-refractivity contribution in [1.82, 2.24) is 4.72 Å². The first-order chi connectivity index (χ1) is 14.7. The summed E-state index contributed by atoms with van der Waals surface area (Å²) >= 11 is 6.01. The molecule has 0 radical (unpaired) electrons. The van der Waals surface area contributed by atoms with Gasteiger partial charge in [-0.25, -0.2) is 13.1 Å². The second-order valence-electron chi connectivity index (χ2n) is 7.62. The van der Waals surface area contributed by atoms with Gasteiger partial charge in [0.25, 0.3) is 5.91 Å². The summed E-state index contributed by atoms with van der Waals surface area (Å²) in [6.07, 6.45) is 3.82. The van der Waals surface area contributed by atoms with Crippen LogP contribution in [0.3, 0.4) is 0 Å². The van der Waals surface area contributed by atoms with Gasteiger partial charge in [-0.1, -0.05) is 31.4 Å². The molecule has 9 heteroatoms. The molecule has 164 valence electrons. The van der Waals surface area contributed by atoms with Crippen LogP contribution < -0.4 is 14.8 Å². The first-order valence-electron chi connectivity index (χ1n) is 9.96. The van der Waals surface area contributed by atoms with E-state index in [0.717, 1.165) is 25.7 Å². The number of sulfonamides is 1. The molecule has 0 spiro atoms. The zero-order valence-corrected chi connectivity index (χ0v) is 18.9. The van der Waals surface area contributed by atoms with Crippen LogP contribution in [-0.4, -0.2) is 27.5 Å². The van der Waals surface area contributed by atoms with E-state index >= 15 is 0 Å². The smallest absolute Gasteiger partial charge is 0.255 e. The molecule has 1 fully saturated rings. The van der Waals surface area contributed by atoms with Crippen LogP contribution >= 0.6 is 11.6 Å². The number of amides is 1. The highest BCUT2D eigenvalue weighted by Crippen LogP contribution is 2.29. The molecule has 31 heavy (non-hydrogen) atoms. The summed E-state index contributed by atoms with van der Waals surface area (Å²) in [5.41, 5.74) is 0.835. The summed E-state index contributed by atoms with van der Waals surface area (Å²) in [7, 11) is -2.51. The molecule has 2 aromatic rings. The van der Waals surface area contributed by atoms with Crippen LogP contribution in [0.25, 0.3) is 0 Å². The highest BCUT2D eigenvalue weighted by Gasteiger charge is 2.29. The Morgan fingerprint density at radius 1 is 1.19 bits per heavy atom. The van der Waals surface area contributed by atoms with Crippen LogP contribution in [0.1, 0.15) is 48.5 Å². The molecule has 0 aliphatic heterocycles. The summed E-state index contributed by atoms with van der Waals surface area (Å²) in [6.45, 7) is 2.04. The van der Waals surface area contributed by atoms with Crippen LogP contribution in [0.5, 0.6) is 5.75 Å². The lowest BCUT2D eigenvalue weighted by molar-refractivity contribution is 0.102. The average Bonchev–Trinajstić information content (AvgIpc) is 2.75. The van der Waals surface area contributed by atoms with Crippen LogP contribution in [0.15, 0.2) is 41.3 Å². The molecule has 7 nitrogen and oxygen atoms in total. The summed E-state index contributed by atoms with van der Waals surface area (Å²) in [6, 6.07) is 10.6. The van der Waals surface area contributed by atoms with E-state index in [1.807, 2.05) is 13.0 Å². The number of carbonyl (C=O) groups excluding carboxylic acids is 1. The van der Waals surface area contributed by atoms with Crippen LogP contribution in [0, 0.1) is 17.2 Å². The maximum Gasteiger partial charge on any atom is 0.255 e. The Balaban J connectivity index is 1.86. The van der Waals surface area contributed by atoms with Gasteiger partial charge in [0.15, 0.2) is 0 Å². The maximum atomic E-state index is 13.1. The van der Waals surface area contributed by atoms with Crippen molar-refractivity contribution in [2.45, 2.75) is 43.5 Å². The fourth-order valence-electron chi connectivity index (χ4n) is 3.67. The largest absolute Gasteiger partial charge is 0.495 e. The van der Waals surface area contributed by atoms with Gasteiger partial charge in [0.2, 0.25) is 10.0 Å². The van der Waals surface area contributed by atoms with Crippen LogP contribution in [0.2, 0.25) is 5.02 Å². The van der Waals surface area contributed by atoms with E-state index in [9.17, 15) is 13.2 Å². The van der Waals surface area contributed by atoms with Gasteiger partial charge in [0.05, 0.1) is 17.7 Å². The molecule has 1 aliphatic rings. The first kappa shape index (κ1) is 23.1. The quantitative estimate of drug-likeness (QED) is 0.665. The third kappa shape index (κ3) is 5.37. The van der Waals surface area contributed by atoms with E-state index in [4.69, 9.17) is 21.6 Å². The number of methoxy groups -OCH3 is 1. The molecule has 1 amide bonds. The van der Waals surface area contributed by atoms with E-state index in [1.54, 1.807) is 6.07 Å². The third-order valence-electron chi connectivity index (χ3n) is 5.48. The van der Waals surface area contributed by atoms with E-state index in [2.05, 4.69) is 10.0 Å². The molecule has 0 heterocycles. The van der Waals surface area contributed by atoms with E-state index in [1.165, 1.54) is 37.4 Å². The number of anilines is 1. The molecule has 2 N–H and O–H groups in total. The van der Waals surface area contributed by atoms with Crippen molar-refractivity contribution < 1.29 is 17.9 Å². The first-order valence-corrected chi connectivity index (χ1v) is 11.8. The minimum Gasteiger partial charge on any atom is -0.495 e. The molecule has 1 saturated carbocycles. The number of hydrogen-bond acceptors (Lipinski definition) is 5. The lowest BCUT2D eigenvalue weighted by atomic mass is 9.87. The van der Waals surface area contributed by atoms with Crippen molar-refractivity contribution in [1.29, 1.82) is 5.26 Å². The second-order valence-corrected chi connectivity index (χ2v) is 9.71. The lowest BCUT2D eigenvalue weighted by Crippen LogP contribution is -2.41. The molecule has 2 aromatic carbocycles. The summed E-state index contributed by atoms with van der Waals surface area (Å²) < 4.78 is 34.2. The fraction of sp³-hybridized carbons (Fsp3) is 0.364. The highest BCUT2D eigenvalue weighted by atomic mass is 35.5. The summed E-state index contributed by atoms with van der Waals surface area (Å²) in [5, 5.41) is 11.8. The normalized spacial score (nSPS) is 18.8. The van der Waals surface area contributed by atoms with Gasteiger partial charge in [-0.15, -0.1) is 0 Å². The number of hydrogen-bond donors (Lipinski definition) is 2. The van der Waals surface area contributed by atoms with Crippen molar-refractivity contribution in [3.63, 3.8) is 0 Å². The molecule has 1 aliphatic carbocycles. The molecule has 3 rings (SSSR count). The van der Waals surface area contributed by atoms with Crippen LogP contribution in [0.4, 0.5) is 5.69 Å². The zero-order valence-electron chi connectivity index (χ0n) is 17.3. The molecule has 2 unspecified atom stereocenters. The molecular weight excluding hydrogens is 438 g/mol. The average molecular weight is 462 g/mol. The number of nitrogens with one attached hydrogen (secondary N) is 2. The Morgan fingerprint density at radius 3 is 2.58 bits per heavy atom. The predicted molar refractivity (Wildman–Crippen MR) is 119 cm³/mol. The van der Waals surface area contributed by atoms with Gasteiger partial charge in [-0.05, 0) is 55.2 Å². The lowest BCUT2D eigenvalue weighted by Gasteiger charge is -2.29. The van der Waals surface area contributed by atoms with Crippen molar-refractivity contribution in [2.24, 2.45) is 5.92 Å². The van der Waals surface area contributed by atoms with Crippen molar-refractivity contribution in [3.8, 4) is 11.8 Å². The Morgan fingerprint density at radius 2 is 1.94 bits per heavy atom. The van der Waals surface area contributed by atoms with Gasteiger partial charge in [0.1, 0.15) is 16.7 Å². The standard InChI is InChI=1S/C22H24ClN3O4S/c1-14-5-3-4-6-19(14)26-31(28,29)21-11-15(8-10-20(21)30-2)22(27)25-17-9-7-16(13-24)18(23)12-17/h7-12,14,19,26H,3-6H2,1-2H3,(H,25,27). The summed E-state index contributed by atoms with van der Waals surface area (Å²) in [5.74, 6) is -0.109. The highest BCUT2D eigenvalue weighted by molar-refractivity contribution is 7.89. The van der Waals surface area contributed by atoms with Crippen molar-refractivity contribution >= 4 is 33.2 Å². The molecule has 0 bridgehead atoms. The van der Waals surface area contributed by atoms with E-state index in [-0.39, 0.29) is 33.2 Å². The minimum atomic E-state index is -3.89. The van der Waals surface area contributed by atoms with Crippen LogP contribution in [-0.2, 0) is 10.0 Å². The Hall–Kier alpha value is -2.60. The monoisotopic (exact) mass is 461 g/mol. The molecular formula is C22H24ClN3O4S. The van der Waals surface area contributed by atoms with E-state index in [0.29, 0.717) is 11.3 Å². The SMILES string of the molecule is COc1ccc(C(=O)Nc2ccc(C#N)c(Cl)c2)cc1S(=O)(=O)NC1CCCCC1C. The van der Waals surface area contributed by atoms with Gasteiger partial charge in [0, 0.05) is 17.3 Å². The van der Waals surface area contributed by atoms with Gasteiger partial charge < -0.3 is 10.1 Å². The molecule has 2 atom stereocenters. The number of nitriles is 1. The number of nitrogens with zero attached hydrogens (tertiary/aromatic N) is 1. The third-order valence-corrected chi connectivity index (χ3v) is 7.30.